The van der Waals surface area contributed by atoms with Gasteiger partial charge in [0.05, 0.1) is 18.8 Å². The Morgan fingerprint density at radius 1 is 0.329 bits per heavy atom. The lowest BCUT2D eigenvalue weighted by Gasteiger charge is -2.20. The van der Waals surface area contributed by atoms with Crippen molar-refractivity contribution in [2.24, 2.45) is 0 Å². The molecule has 4 nitrogen and oxygen atoms in total. The fourth-order valence-corrected chi connectivity index (χ4v) is 10.7. The molecule has 4 heteroatoms. The lowest BCUT2D eigenvalue weighted by atomic mass is 10.0. The van der Waals surface area contributed by atoms with Gasteiger partial charge in [-0.3, -0.25) is 4.79 Å². The second kappa shape index (κ2) is 64.9. The molecule has 1 amide bonds. The summed E-state index contributed by atoms with van der Waals surface area (Å²) in [6, 6.07) is -0.623. The number of nitrogens with one attached hydrogen (secondary N) is 1. The third-order valence-corrected chi connectivity index (χ3v) is 15.9. The van der Waals surface area contributed by atoms with Gasteiger partial charge in [-0.15, -0.1) is 0 Å². The maximum absolute atomic E-state index is 12.5. The van der Waals surface area contributed by atoms with Gasteiger partial charge < -0.3 is 15.5 Å². The fourth-order valence-electron chi connectivity index (χ4n) is 10.7. The Labute approximate surface area is 459 Å². The summed E-state index contributed by atoms with van der Waals surface area (Å²) in [5.74, 6) is -0.0570. The van der Waals surface area contributed by atoms with E-state index in [9.17, 15) is 15.0 Å². The van der Waals surface area contributed by atoms with Gasteiger partial charge in [0.1, 0.15) is 0 Å². The molecule has 0 radical (unpaired) electrons. The Morgan fingerprint density at radius 3 is 0.822 bits per heavy atom. The Kier molecular flexibility index (Phi) is 63.7. The van der Waals surface area contributed by atoms with Crippen LogP contribution in [0.2, 0.25) is 0 Å². The Bertz CT molecular complexity index is 1110. The summed E-state index contributed by atoms with van der Waals surface area (Å²) < 4.78 is 0. The van der Waals surface area contributed by atoms with Crippen molar-refractivity contribution in [3.63, 3.8) is 0 Å². The van der Waals surface area contributed by atoms with Crippen molar-refractivity contribution in [2.75, 3.05) is 6.61 Å². The topological polar surface area (TPSA) is 69.6 Å². The number of amides is 1. The first-order valence-corrected chi connectivity index (χ1v) is 33.7. The molecule has 432 valence electrons. The van der Waals surface area contributed by atoms with Crippen LogP contribution in [0, 0.1) is 0 Å². The van der Waals surface area contributed by atoms with Crippen molar-refractivity contribution < 1.29 is 15.0 Å². The normalized spacial score (nSPS) is 12.9. The molecule has 0 saturated heterocycles. The predicted octanol–water partition coefficient (Wildman–Crippen LogP) is 22.8. The molecule has 0 aromatic heterocycles. The van der Waals surface area contributed by atoms with E-state index < -0.39 is 12.1 Å². The highest BCUT2D eigenvalue weighted by atomic mass is 16.3. The van der Waals surface area contributed by atoms with Crippen LogP contribution in [0.5, 0.6) is 0 Å². The van der Waals surface area contributed by atoms with E-state index in [1.807, 2.05) is 6.08 Å². The molecule has 0 rings (SSSR count). The summed E-state index contributed by atoms with van der Waals surface area (Å²) in [5, 5.41) is 23.3. The van der Waals surface area contributed by atoms with Crippen LogP contribution in [0.3, 0.4) is 0 Å². The number of rotatable bonds is 63. The van der Waals surface area contributed by atoms with Gasteiger partial charge in [-0.05, 0) is 51.4 Å². The molecule has 2 unspecified atom stereocenters. The number of aliphatic hydroxyl groups is 2. The zero-order chi connectivity index (χ0) is 52.7. The van der Waals surface area contributed by atoms with E-state index in [1.54, 1.807) is 6.08 Å². The van der Waals surface area contributed by atoms with E-state index in [2.05, 4.69) is 43.5 Å². The fraction of sp³-hybridized carbons (Fsp3) is 0.899. The lowest BCUT2D eigenvalue weighted by molar-refractivity contribution is -0.123. The largest absolute Gasteiger partial charge is 0.394 e. The van der Waals surface area contributed by atoms with E-state index >= 15 is 0 Å². The van der Waals surface area contributed by atoms with Crippen LogP contribution in [0.15, 0.2) is 36.5 Å². The SMILES string of the molecule is CCCCCCC/C=C\C/C=C\CCCCCCCCCCCCCCCCCCCC(=O)NC(CO)C(O)/C=C/CCCCCCCCCCCCCCCCCCCCCCCCCCCCCCCC. The predicted molar refractivity (Wildman–Crippen MR) is 327 cm³/mol. The monoisotopic (exact) mass is 1020 g/mol. The second-order valence-electron chi connectivity index (χ2n) is 23.2. The van der Waals surface area contributed by atoms with Gasteiger partial charge in [-0.25, -0.2) is 0 Å². The maximum Gasteiger partial charge on any atom is 0.220 e. The van der Waals surface area contributed by atoms with Gasteiger partial charge >= 0.3 is 0 Å². The van der Waals surface area contributed by atoms with Crippen LogP contribution in [0.1, 0.15) is 380 Å². The molecule has 0 aromatic carbocycles. The van der Waals surface area contributed by atoms with Crippen molar-refractivity contribution in [1.29, 1.82) is 0 Å². The van der Waals surface area contributed by atoms with Gasteiger partial charge in [-0.1, -0.05) is 359 Å². The summed E-state index contributed by atoms with van der Waals surface area (Å²) in [5.41, 5.74) is 0. The quantitative estimate of drug-likeness (QED) is 0.0420. The summed E-state index contributed by atoms with van der Waals surface area (Å²) in [6.45, 7) is 4.34. The summed E-state index contributed by atoms with van der Waals surface area (Å²) in [4.78, 5) is 12.5. The van der Waals surface area contributed by atoms with Crippen LogP contribution in [-0.2, 0) is 4.79 Å². The van der Waals surface area contributed by atoms with E-state index in [1.165, 1.54) is 327 Å². The molecule has 0 aliphatic carbocycles. The molecule has 3 N–H and O–H groups in total. The lowest BCUT2D eigenvalue weighted by Crippen LogP contribution is -2.45. The maximum atomic E-state index is 12.5. The first-order valence-electron chi connectivity index (χ1n) is 33.7. The minimum atomic E-state index is -0.840. The first kappa shape index (κ1) is 71.6. The number of carbonyl (C=O) groups is 1. The van der Waals surface area contributed by atoms with E-state index in [0.29, 0.717) is 6.42 Å². The van der Waals surface area contributed by atoms with Crippen LogP contribution in [0.4, 0.5) is 0 Å². The zero-order valence-corrected chi connectivity index (χ0v) is 49.9. The van der Waals surface area contributed by atoms with Crippen molar-refractivity contribution in [2.45, 2.75) is 392 Å². The third-order valence-electron chi connectivity index (χ3n) is 15.9. The minimum absolute atomic E-state index is 0.0570. The Hall–Kier alpha value is -1.39. The molecule has 0 bridgehead atoms. The van der Waals surface area contributed by atoms with Crippen molar-refractivity contribution in [1.82, 2.24) is 5.32 Å². The number of unbranched alkanes of at least 4 members (excludes halogenated alkanes) is 52. The van der Waals surface area contributed by atoms with Crippen molar-refractivity contribution >= 4 is 5.91 Å². The summed E-state index contributed by atoms with van der Waals surface area (Å²) in [6.07, 6.45) is 89.4. The second-order valence-corrected chi connectivity index (χ2v) is 23.2. The molecule has 0 heterocycles. The Morgan fingerprint density at radius 2 is 0.562 bits per heavy atom. The number of aliphatic hydroxyl groups excluding tert-OH is 2. The van der Waals surface area contributed by atoms with Gasteiger partial charge in [0.2, 0.25) is 5.91 Å². The molecule has 0 aliphatic heterocycles. The first-order chi connectivity index (χ1) is 36.2. The molecule has 0 aromatic rings. The van der Waals surface area contributed by atoms with Crippen LogP contribution in [0.25, 0.3) is 0 Å². The molecule has 0 fully saturated rings. The highest BCUT2D eigenvalue weighted by molar-refractivity contribution is 5.76. The van der Waals surface area contributed by atoms with Gasteiger partial charge in [0, 0.05) is 6.42 Å². The number of hydrogen-bond acceptors (Lipinski definition) is 3. The smallest absolute Gasteiger partial charge is 0.220 e. The van der Waals surface area contributed by atoms with Gasteiger partial charge in [0.25, 0.3) is 0 Å². The standard InChI is InChI=1S/C69H133NO3/c1-3-5-7-9-11-13-15-17-19-21-23-25-27-29-31-33-34-35-37-38-40-42-44-46-48-50-52-54-56-58-60-62-64-68(72)67(66-71)70-69(73)65-63-61-59-57-55-53-51-49-47-45-43-41-39-36-32-30-28-26-24-22-20-18-16-14-12-10-8-6-4-2/h16,18,22,24,62,64,67-68,71-72H,3-15,17,19-21,23,25-61,63,65-66H2,1-2H3,(H,70,73)/b18-16-,24-22-,64-62+. The van der Waals surface area contributed by atoms with E-state index in [0.717, 1.165) is 32.1 Å². The molecular formula is C69H133NO3. The van der Waals surface area contributed by atoms with E-state index in [-0.39, 0.29) is 12.5 Å². The molecule has 0 spiro atoms. The molecule has 2 atom stereocenters. The third kappa shape index (κ3) is 61.3. The highest BCUT2D eigenvalue weighted by Gasteiger charge is 2.18. The van der Waals surface area contributed by atoms with Crippen molar-refractivity contribution in [3.05, 3.63) is 36.5 Å². The Balaban J connectivity index is 3.43. The van der Waals surface area contributed by atoms with Crippen LogP contribution >= 0.6 is 0 Å². The van der Waals surface area contributed by atoms with E-state index in [4.69, 9.17) is 0 Å². The van der Waals surface area contributed by atoms with Gasteiger partial charge in [0.15, 0.2) is 0 Å². The van der Waals surface area contributed by atoms with Crippen molar-refractivity contribution in [3.8, 4) is 0 Å². The number of carbonyl (C=O) groups excluding carboxylic acids is 1. The molecular weight excluding hydrogens is 891 g/mol. The molecule has 0 saturated carbocycles. The highest BCUT2D eigenvalue weighted by Crippen LogP contribution is 2.19. The molecule has 0 aliphatic rings. The molecule has 73 heavy (non-hydrogen) atoms. The number of allylic oxidation sites excluding steroid dienone is 5. The average molecular weight is 1020 g/mol. The van der Waals surface area contributed by atoms with Crippen LogP contribution in [-0.4, -0.2) is 34.9 Å². The minimum Gasteiger partial charge on any atom is -0.394 e. The number of hydrogen-bond donors (Lipinski definition) is 3. The summed E-state index contributed by atoms with van der Waals surface area (Å²) in [7, 11) is 0. The summed E-state index contributed by atoms with van der Waals surface area (Å²) >= 11 is 0. The van der Waals surface area contributed by atoms with Crippen LogP contribution < -0.4 is 5.32 Å². The van der Waals surface area contributed by atoms with Gasteiger partial charge in [-0.2, -0.15) is 0 Å². The zero-order valence-electron chi connectivity index (χ0n) is 49.9. The average Bonchev–Trinajstić information content (AvgIpc) is 3.40.